The van der Waals surface area contributed by atoms with Crippen molar-refractivity contribution in [3.63, 3.8) is 0 Å². The molecule has 3 saturated carbocycles. The van der Waals surface area contributed by atoms with E-state index in [4.69, 9.17) is 8.74 Å². The summed E-state index contributed by atoms with van der Waals surface area (Å²) in [5.74, 6) is 1.58. The SMILES string of the molecule is CC12CC[C@H](OS(=O)(=O)O)CC1=CCC1C2CCC2(C)C(C(=O)CO)CCC12. The standard InChI is InChI=1S/C21H32O6S/c1-20-9-7-14(27-28(24,25)26)11-13(20)3-4-15-16-5-6-18(19(23)12-22)21(16,2)10-8-17(15)20/h3,14-18,22H,4-12H2,1-2H3,(H,24,25,26)/t14-,15?,16?,17?,18?,20?,21?/m0/s1. The number of fused-ring (bicyclic) bond motifs is 5. The molecule has 7 heteroatoms. The lowest BCUT2D eigenvalue weighted by Gasteiger charge is -2.58. The maximum Gasteiger partial charge on any atom is 0.397 e. The fourth-order valence-electron chi connectivity index (χ4n) is 7.52. The van der Waals surface area contributed by atoms with Crippen LogP contribution in [0.25, 0.3) is 0 Å². The number of allylic oxidation sites excluding steroid dienone is 1. The van der Waals surface area contributed by atoms with Crippen LogP contribution in [0.5, 0.6) is 0 Å². The third-order valence-corrected chi connectivity index (χ3v) is 9.38. The molecule has 0 aromatic rings. The fraction of sp³-hybridized carbons (Fsp3) is 0.857. The van der Waals surface area contributed by atoms with Gasteiger partial charge in [-0.3, -0.25) is 9.35 Å². The van der Waals surface area contributed by atoms with Crippen molar-refractivity contribution in [3.05, 3.63) is 11.6 Å². The molecule has 6 unspecified atom stereocenters. The second-order valence-electron chi connectivity index (χ2n) is 9.95. The van der Waals surface area contributed by atoms with Gasteiger partial charge in [0.15, 0.2) is 5.78 Å². The third-order valence-electron chi connectivity index (χ3n) is 8.86. The van der Waals surface area contributed by atoms with Crippen LogP contribution in [0.1, 0.15) is 65.2 Å². The molecule has 0 aromatic carbocycles. The van der Waals surface area contributed by atoms with Crippen LogP contribution < -0.4 is 0 Å². The second kappa shape index (κ2) is 6.89. The van der Waals surface area contributed by atoms with Crippen LogP contribution in [0.3, 0.4) is 0 Å². The normalized spacial score (nSPS) is 45.6. The Kier molecular flexibility index (Phi) is 5.05. The monoisotopic (exact) mass is 412 g/mol. The quantitative estimate of drug-likeness (QED) is 0.543. The number of aliphatic hydroxyl groups excluding tert-OH is 1. The lowest BCUT2D eigenvalue weighted by atomic mass is 9.47. The van der Waals surface area contributed by atoms with E-state index in [2.05, 4.69) is 19.9 Å². The van der Waals surface area contributed by atoms with Crippen LogP contribution in [0.15, 0.2) is 11.6 Å². The molecular formula is C21H32O6S. The number of carbonyl (C=O) groups is 1. The molecule has 6 nitrogen and oxygen atoms in total. The zero-order valence-corrected chi connectivity index (χ0v) is 17.6. The highest BCUT2D eigenvalue weighted by atomic mass is 32.3. The molecule has 0 aromatic heterocycles. The van der Waals surface area contributed by atoms with E-state index in [-0.39, 0.29) is 29.1 Å². The highest BCUT2D eigenvalue weighted by Gasteiger charge is 2.59. The summed E-state index contributed by atoms with van der Waals surface area (Å²) in [5.41, 5.74) is 1.31. The molecule has 4 rings (SSSR count). The summed E-state index contributed by atoms with van der Waals surface area (Å²) < 4.78 is 36.1. The maximum atomic E-state index is 12.3. The summed E-state index contributed by atoms with van der Waals surface area (Å²) in [5, 5.41) is 9.40. The topological polar surface area (TPSA) is 101 Å². The summed E-state index contributed by atoms with van der Waals surface area (Å²) in [6, 6.07) is 0. The van der Waals surface area contributed by atoms with Crippen LogP contribution in [0.2, 0.25) is 0 Å². The average Bonchev–Trinajstić information content (AvgIpc) is 2.97. The van der Waals surface area contributed by atoms with Gasteiger partial charge in [-0.25, -0.2) is 4.18 Å². The van der Waals surface area contributed by atoms with Crippen molar-refractivity contribution in [2.45, 2.75) is 71.3 Å². The summed E-state index contributed by atoms with van der Waals surface area (Å²) in [4.78, 5) is 12.3. The lowest BCUT2D eigenvalue weighted by Crippen LogP contribution is -2.51. The first kappa shape index (κ1) is 20.5. The van der Waals surface area contributed by atoms with Crippen molar-refractivity contribution in [3.8, 4) is 0 Å². The van der Waals surface area contributed by atoms with Crippen molar-refractivity contribution >= 4 is 16.2 Å². The zero-order chi connectivity index (χ0) is 20.3. The van der Waals surface area contributed by atoms with Gasteiger partial charge in [-0.1, -0.05) is 25.5 Å². The Morgan fingerprint density at radius 3 is 2.61 bits per heavy atom. The van der Waals surface area contributed by atoms with Gasteiger partial charge < -0.3 is 5.11 Å². The van der Waals surface area contributed by atoms with Crippen LogP contribution in [0.4, 0.5) is 0 Å². The smallest absolute Gasteiger partial charge is 0.389 e. The molecule has 0 saturated heterocycles. The van der Waals surface area contributed by atoms with E-state index in [1.165, 1.54) is 5.57 Å². The number of Topliss-reactive ketones (excluding diaryl/α,β-unsaturated/α-hetero) is 1. The van der Waals surface area contributed by atoms with Gasteiger partial charge in [-0.15, -0.1) is 0 Å². The summed E-state index contributed by atoms with van der Waals surface area (Å²) >= 11 is 0. The highest BCUT2D eigenvalue weighted by molar-refractivity contribution is 7.80. The van der Waals surface area contributed by atoms with E-state index in [1.807, 2.05) is 0 Å². The number of ketones is 1. The molecule has 3 fully saturated rings. The van der Waals surface area contributed by atoms with Gasteiger partial charge >= 0.3 is 10.4 Å². The van der Waals surface area contributed by atoms with Gasteiger partial charge in [0.05, 0.1) is 6.10 Å². The van der Waals surface area contributed by atoms with Crippen molar-refractivity contribution in [1.29, 1.82) is 0 Å². The molecule has 0 amide bonds. The van der Waals surface area contributed by atoms with Gasteiger partial charge in [0.25, 0.3) is 0 Å². The van der Waals surface area contributed by atoms with Crippen molar-refractivity contribution in [2.75, 3.05) is 6.61 Å². The first-order chi connectivity index (χ1) is 13.1. The Labute approximate surface area is 167 Å². The summed E-state index contributed by atoms with van der Waals surface area (Å²) in [7, 11) is -4.42. The number of hydrogen-bond acceptors (Lipinski definition) is 5. The number of hydrogen-bond donors (Lipinski definition) is 2. The van der Waals surface area contributed by atoms with Gasteiger partial charge in [0.2, 0.25) is 0 Å². The molecule has 0 radical (unpaired) electrons. The molecule has 0 aliphatic heterocycles. The van der Waals surface area contributed by atoms with Gasteiger partial charge in [-0.2, -0.15) is 8.42 Å². The van der Waals surface area contributed by atoms with E-state index in [9.17, 15) is 18.3 Å². The zero-order valence-electron chi connectivity index (χ0n) is 16.8. The molecule has 4 aliphatic carbocycles. The van der Waals surface area contributed by atoms with E-state index in [1.54, 1.807) is 0 Å². The van der Waals surface area contributed by atoms with E-state index in [0.717, 1.165) is 38.5 Å². The van der Waals surface area contributed by atoms with Crippen molar-refractivity contribution in [2.24, 2.45) is 34.5 Å². The van der Waals surface area contributed by atoms with E-state index >= 15 is 0 Å². The van der Waals surface area contributed by atoms with Crippen LogP contribution in [0, 0.1) is 34.5 Å². The van der Waals surface area contributed by atoms with Crippen LogP contribution in [-0.4, -0.2) is 36.6 Å². The van der Waals surface area contributed by atoms with Gasteiger partial charge in [0, 0.05) is 5.92 Å². The highest BCUT2D eigenvalue weighted by Crippen LogP contribution is 2.66. The van der Waals surface area contributed by atoms with Crippen LogP contribution in [-0.2, 0) is 19.4 Å². The first-order valence-corrected chi connectivity index (χ1v) is 11.9. The Morgan fingerprint density at radius 2 is 1.93 bits per heavy atom. The molecule has 4 aliphatic rings. The molecular weight excluding hydrogens is 380 g/mol. The third kappa shape index (κ3) is 3.18. The molecule has 0 spiro atoms. The first-order valence-electron chi connectivity index (χ1n) is 10.6. The summed E-state index contributed by atoms with van der Waals surface area (Å²) in [6.45, 7) is 4.23. The average molecular weight is 413 g/mol. The predicted octanol–water partition coefficient (Wildman–Crippen LogP) is 3.31. The Morgan fingerprint density at radius 1 is 1.18 bits per heavy atom. The number of aliphatic hydroxyl groups is 1. The number of carbonyl (C=O) groups excluding carboxylic acids is 1. The van der Waals surface area contributed by atoms with E-state index in [0.29, 0.717) is 30.6 Å². The van der Waals surface area contributed by atoms with Gasteiger partial charge in [0.1, 0.15) is 6.61 Å². The molecule has 158 valence electrons. The van der Waals surface area contributed by atoms with Gasteiger partial charge in [-0.05, 0) is 80.0 Å². The summed E-state index contributed by atoms with van der Waals surface area (Å²) in [6.07, 6.45) is 8.87. The van der Waals surface area contributed by atoms with Crippen molar-refractivity contribution in [1.82, 2.24) is 0 Å². The van der Waals surface area contributed by atoms with E-state index < -0.39 is 16.5 Å². The van der Waals surface area contributed by atoms with Crippen molar-refractivity contribution < 1.29 is 27.1 Å². The molecule has 0 heterocycles. The minimum absolute atomic E-state index is 0.00423. The Bertz CT molecular complexity index is 789. The minimum atomic E-state index is -4.42. The molecule has 7 atom stereocenters. The minimum Gasteiger partial charge on any atom is -0.389 e. The Balaban J connectivity index is 1.57. The Hall–Kier alpha value is -0.760. The molecule has 2 N–H and O–H groups in total. The lowest BCUT2D eigenvalue weighted by molar-refractivity contribution is -0.132. The molecule has 28 heavy (non-hydrogen) atoms. The predicted molar refractivity (Wildman–Crippen MR) is 104 cm³/mol. The largest absolute Gasteiger partial charge is 0.397 e. The number of rotatable bonds is 4. The second-order valence-corrected chi connectivity index (χ2v) is 11.0. The molecule has 0 bridgehead atoms. The fourth-order valence-corrected chi connectivity index (χ4v) is 8.03. The van der Waals surface area contributed by atoms with Crippen LogP contribution >= 0.6 is 0 Å². The maximum absolute atomic E-state index is 12.3.